The molecular weight excluding hydrogens is 1270 g/mol. The van der Waals surface area contributed by atoms with Crippen LogP contribution in [-0.4, -0.2) is 250 Å². The van der Waals surface area contributed by atoms with E-state index in [0.717, 1.165) is 21.6 Å². The van der Waals surface area contributed by atoms with E-state index < -0.39 is 171 Å². The number of aromatic hydroxyl groups is 2. The molecule has 0 aliphatic carbocycles. The lowest BCUT2D eigenvalue weighted by Crippen LogP contribution is -2.62. The van der Waals surface area contributed by atoms with E-state index >= 15 is 0 Å². The fraction of sp³-hybridized carbons (Fsp3) is 0.614. The second kappa shape index (κ2) is 33.1. The number of benzene rings is 2. The van der Waals surface area contributed by atoms with Crippen molar-refractivity contribution in [1.29, 1.82) is 0 Å². The van der Waals surface area contributed by atoms with Crippen LogP contribution < -0.4 is 41.6 Å². The number of hydrogen-bond acceptors (Lipinski definition) is 20. The van der Waals surface area contributed by atoms with Crippen molar-refractivity contribution >= 4 is 82.0 Å². The van der Waals surface area contributed by atoms with Crippen LogP contribution in [0.1, 0.15) is 88.7 Å². The third-order valence-electron chi connectivity index (χ3n) is 16.2. The number of phenols is 2. The summed E-state index contributed by atoms with van der Waals surface area (Å²) in [5.41, 5.74) is 12.0. The lowest BCUT2D eigenvalue weighted by Gasteiger charge is -2.34. The maximum atomic E-state index is 14.9. The van der Waals surface area contributed by atoms with Crippen LogP contribution in [0.25, 0.3) is 0 Å². The number of unbranched alkanes of at least 4 members (excludes halogenated alkanes) is 2. The number of likely N-dealkylation sites (tertiary alicyclic amines) is 4. The number of aliphatic hydroxyl groups is 5. The summed E-state index contributed by atoms with van der Waals surface area (Å²) >= 11 is 1.87. The zero-order valence-electron chi connectivity index (χ0n) is 48.8. The quantitative estimate of drug-likeness (QED) is 0.0198. The molecule has 0 unspecified atom stereocenters. The molecule has 18 N–H and O–H groups in total. The van der Waals surface area contributed by atoms with E-state index in [0.29, 0.717) is 56.2 Å². The van der Waals surface area contributed by atoms with Gasteiger partial charge in [-0.05, 0) is 100 Å². The molecule has 0 radical (unpaired) electrons. The zero-order valence-corrected chi connectivity index (χ0v) is 51.0. The van der Waals surface area contributed by atoms with Gasteiger partial charge in [0.2, 0.25) is 53.2 Å². The number of carbonyl (C=O) groups excluding carboxylic acids is 9. The number of phenolic OH excluding ortho intramolecular Hbond substituents is 2. The SMILES string of the molecule is C[C@@H](O)[C@H](NC(=O)[C@@H]1C[C@@H](O)CN1C(=O)[C@@H]1C[C@@H](O)CN1C(=O)[C@H](Cc1ccc(O)cc1)NC(=O)[C@H](CO)NC(=O)[C@@H]1CCCN1C(=O)[C@H](CCCCN)NI)C(=O)N[C@@H](Cc1ccc(O)cc1)C(=O)N1C[C@H](O)C[C@H]1C(=O)N[C@@H](CCCCN)C(=O)O. The number of aliphatic hydroxyl groups excluding tert-OH is 5. The van der Waals surface area contributed by atoms with Gasteiger partial charge in [0, 0.05) is 81.1 Å². The Balaban J connectivity index is 1.19. The van der Waals surface area contributed by atoms with Crippen LogP contribution >= 0.6 is 22.9 Å². The van der Waals surface area contributed by atoms with Crippen LogP contribution in [0.4, 0.5) is 0 Å². The third kappa shape index (κ3) is 18.6. The molecule has 0 saturated carbocycles. The molecule has 30 nitrogen and oxygen atoms in total. The number of rotatable bonds is 30. The lowest BCUT2D eigenvalue weighted by atomic mass is 10.0. The molecule has 4 aliphatic heterocycles. The number of nitrogens with two attached hydrogens (primary N) is 2. The first-order chi connectivity index (χ1) is 41.9. The van der Waals surface area contributed by atoms with Crippen molar-refractivity contribution in [3.8, 4) is 11.5 Å². The van der Waals surface area contributed by atoms with Crippen LogP contribution in [0.15, 0.2) is 48.5 Å². The van der Waals surface area contributed by atoms with Gasteiger partial charge in [-0.1, -0.05) is 30.7 Å². The van der Waals surface area contributed by atoms with Gasteiger partial charge in [-0.3, -0.25) is 43.2 Å². The number of halogens is 1. The highest BCUT2D eigenvalue weighted by Gasteiger charge is 2.49. The molecule has 4 heterocycles. The summed E-state index contributed by atoms with van der Waals surface area (Å²) in [7, 11) is 0. The molecule has 0 spiro atoms. The highest BCUT2D eigenvalue weighted by Crippen LogP contribution is 2.29. The van der Waals surface area contributed by atoms with Crippen LogP contribution in [0.5, 0.6) is 11.5 Å². The summed E-state index contributed by atoms with van der Waals surface area (Å²) in [5.74, 6) is -9.61. The molecule has 6 rings (SSSR count). The first-order valence-electron chi connectivity index (χ1n) is 29.5. The molecule has 9 amide bonds. The Bertz CT molecular complexity index is 2770. The first-order valence-corrected chi connectivity index (χ1v) is 30.6. The van der Waals surface area contributed by atoms with Gasteiger partial charge in [-0.2, -0.15) is 0 Å². The Kier molecular flexibility index (Phi) is 26.4. The van der Waals surface area contributed by atoms with Gasteiger partial charge in [0.15, 0.2) is 0 Å². The lowest BCUT2D eigenvalue weighted by molar-refractivity contribution is -0.148. The fourth-order valence-electron chi connectivity index (χ4n) is 11.5. The van der Waals surface area contributed by atoms with Crippen LogP contribution in [0.2, 0.25) is 0 Å². The third-order valence-corrected chi connectivity index (χ3v) is 17.0. The smallest absolute Gasteiger partial charge is 0.326 e. The Morgan fingerprint density at radius 2 is 0.989 bits per heavy atom. The predicted octanol–water partition coefficient (Wildman–Crippen LogP) is -4.79. The van der Waals surface area contributed by atoms with Crippen molar-refractivity contribution in [2.24, 2.45) is 11.5 Å². The van der Waals surface area contributed by atoms with E-state index in [1.54, 1.807) is 0 Å². The number of hydrogen-bond donors (Lipinski definition) is 16. The molecule has 486 valence electrons. The van der Waals surface area contributed by atoms with E-state index in [1.807, 2.05) is 22.9 Å². The van der Waals surface area contributed by atoms with Crippen molar-refractivity contribution in [3.05, 3.63) is 59.7 Å². The molecule has 2 aromatic rings. The number of aliphatic carboxylic acids is 1. The van der Waals surface area contributed by atoms with E-state index in [2.05, 4.69) is 30.1 Å². The van der Waals surface area contributed by atoms with Crippen molar-refractivity contribution in [1.82, 2.24) is 49.7 Å². The largest absolute Gasteiger partial charge is 0.508 e. The minimum Gasteiger partial charge on any atom is -0.508 e. The maximum absolute atomic E-state index is 14.9. The number of carboxylic acids is 1. The van der Waals surface area contributed by atoms with E-state index in [1.165, 1.54) is 53.4 Å². The standard InChI is InChI=1S/C57H83IN12O18/c1-30(72)47(52(82)63-41(22-32-12-16-34(74)17-13-32)54(84)68-26-35(75)23-44(68)50(80)61-39(57(87)88)8-3-5-19-60)65-51(81)45-24-36(76)27-69(45)56(86)46-25-37(77)28-70(46)55(85)40(21-31-10-14-33(73)15-11-31)62-48(78)42(29-71)64-49(79)43-9-6-20-67(43)53(83)38(66-58)7-2-4-18-59/h10-17,30,35-47,66,71-77H,2-9,18-29,59-60H2,1H3,(H,61,80)(H,62,78)(H,63,82)(H,64,79)(H,65,81)(H,87,88)/t30-,35-,36-,37-,38+,39+,40+,41+,42+,43+,44+,45+,46+,47+/m1/s1. The average molecular weight is 1350 g/mol. The summed E-state index contributed by atoms with van der Waals surface area (Å²) in [6, 6.07) is -3.14. The van der Waals surface area contributed by atoms with Crippen molar-refractivity contribution in [2.45, 2.75) is 175 Å². The molecule has 4 aliphatic rings. The predicted molar refractivity (Wildman–Crippen MR) is 320 cm³/mol. The van der Waals surface area contributed by atoms with Crippen LogP contribution in [-0.2, 0) is 60.8 Å². The number of amides is 9. The summed E-state index contributed by atoms with van der Waals surface area (Å²) in [6.07, 6.45) is -3.97. The molecule has 31 heteroatoms. The molecule has 0 bridgehead atoms. The Morgan fingerprint density at radius 3 is 1.48 bits per heavy atom. The normalized spacial score (nSPS) is 23.3. The second-order valence-electron chi connectivity index (χ2n) is 22.8. The van der Waals surface area contributed by atoms with Crippen LogP contribution in [0.3, 0.4) is 0 Å². The molecule has 4 saturated heterocycles. The summed E-state index contributed by atoms with van der Waals surface area (Å²) in [6.45, 7) is -0.201. The molecule has 0 aromatic heterocycles. The van der Waals surface area contributed by atoms with Gasteiger partial charge >= 0.3 is 5.97 Å². The van der Waals surface area contributed by atoms with Gasteiger partial charge in [-0.15, -0.1) is 0 Å². The first kappa shape index (κ1) is 70.2. The van der Waals surface area contributed by atoms with Crippen molar-refractivity contribution < 1.29 is 88.8 Å². The van der Waals surface area contributed by atoms with E-state index in [9.17, 15) is 88.8 Å². The molecule has 4 fully saturated rings. The van der Waals surface area contributed by atoms with E-state index in [4.69, 9.17) is 11.5 Å². The fourth-order valence-corrected chi connectivity index (χ4v) is 12.1. The summed E-state index contributed by atoms with van der Waals surface area (Å²) < 4.78 is 2.95. The highest BCUT2D eigenvalue weighted by atomic mass is 127. The average Bonchev–Trinajstić information content (AvgIpc) is 4.37. The summed E-state index contributed by atoms with van der Waals surface area (Å²) in [4.78, 5) is 145. The van der Waals surface area contributed by atoms with Crippen molar-refractivity contribution in [2.75, 3.05) is 45.9 Å². The van der Waals surface area contributed by atoms with Gasteiger partial charge in [0.1, 0.15) is 65.9 Å². The number of β-amino-alcohol motifs (C(OH)–C–C–N with tert-alkyl or cyclic N) is 3. The van der Waals surface area contributed by atoms with Gasteiger partial charge in [-0.25, -0.2) is 8.32 Å². The molecule has 88 heavy (non-hydrogen) atoms. The number of nitrogens with zero attached hydrogens (tertiary/aromatic N) is 4. The Morgan fingerprint density at radius 1 is 0.557 bits per heavy atom. The molecular formula is C57H83IN12O18. The highest BCUT2D eigenvalue weighted by molar-refractivity contribution is 14.1. The number of nitrogens with one attached hydrogen (secondary N) is 6. The molecule has 14 atom stereocenters. The number of carboxylic acid groups (broad SMARTS) is 1. The molecule has 2 aromatic carbocycles. The maximum Gasteiger partial charge on any atom is 0.326 e. The van der Waals surface area contributed by atoms with Gasteiger partial charge < -0.3 is 98.5 Å². The van der Waals surface area contributed by atoms with E-state index in [-0.39, 0.29) is 69.0 Å². The Hall–Kier alpha value is -6.85. The van der Waals surface area contributed by atoms with Crippen LogP contribution in [0, 0.1) is 0 Å². The van der Waals surface area contributed by atoms with Crippen molar-refractivity contribution in [3.63, 3.8) is 0 Å². The number of carbonyl (C=O) groups is 10. The minimum atomic E-state index is -1.88. The van der Waals surface area contributed by atoms with Gasteiger partial charge in [0.05, 0.1) is 37.1 Å². The topological polar surface area (TPSA) is 470 Å². The second-order valence-corrected chi connectivity index (χ2v) is 23.5. The summed E-state index contributed by atoms with van der Waals surface area (Å²) in [5, 5.41) is 96.7. The Labute approximate surface area is 521 Å². The zero-order chi connectivity index (χ0) is 64.5. The monoisotopic (exact) mass is 1350 g/mol. The van der Waals surface area contributed by atoms with Gasteiger partial charge in [0.25, 0.3) is 0 Å². The minimum absolute atomic E-state index is 0.0191.